The smallest absolute Gasteiger partial charge is 0.305 e. The molecule has 0 fully saturated rings. The van der Waals surface area contributed by atoms with Crippen molar-refractivity contribution in [2.45, 2.75) is 38.6 Å². The highest BCUT2D eigenvalue weighted by Gasteiger charge is 2.17. The number of carboxylic acid groups (broad SMARTS) is 1. The van der Waals surface area contributed by atoms with Crippen molar-refractivity contribution in [3.8, 4) is 0 Å². The molecule has 0 aliphatic heterocycles. The number of carboxylic acids is 1. The van der Waals surface area contributed by atoms with Crippen LogP contribution in [-0.2, 0) is 22.4 Å². The Morgan fingerprint density at radius 3 is 2.21 bits per heavy atom. The largest absolute Gasteiger partial charge is 0.481 e. The summed E-state index contributed by atoms with van der Waals surface area (Å²) >= 11 is 0. The molecular formula is C20H23NO3. The van der Waals surface area contributed by atoms with Gasteiger partial charge in [-0.3, -0.25) is 9.59 Å². The van der Waals surface area contributed by atoms with Crippen LogP contribution in [0.3, 0.4) is 0 Å². The molecule has 1 atom stereocenters. The molecule has 24 heavy (non-hydrogen) atoms. The molecule has 0 aromatic heterocycles. The van der Waals surface area contributed by atoms with E-state index in [1.165, 1.54) is 5.56 Å². The summed E-state index contributed by atoms with van der Waals surface area (Å²) in [6, 6.07) is 16.9. The van der Waals surface area contributed by atoms with E-state index in [4.69, 9.17) is 5.11 Å². The highest BCUT2D eigenvalue weighted by molar-refractivity contribution is 5.78. The quantitative estimate of drug-likeness (QED) is 0.780. The summed E-state index contributed by atoms with van der Waals surface area (Å²) in [5, 5.41) is 11.9. The van der Waals surface area contributed by atoms with E-state index in [2.05, 4.69) is 24.4 Å². The van der Waals surface area contributed by atoms with Crippen LogP contribution in [-0.4, -0.2) is 17.0 Å². The summed E-state index contributed by atoms with van der Waals surface area (Å²) in [6.07, 6.45) is 1.86. The van der Waals surface area contributed by atoms with Gasteiger partial charge in [0.15, 0.2) is 0 Å². The van der Waals surface area contributed by atoms with Gasteiger partial charge in [-0.05, 0) is 29.5 Å². The summed E-state index contributed by atoms with van der Waals surface area (Å²) < 4.78 is 0. The van der Waals surface area contributed by atoms with Crippen LogP contribution in [0.1, 0.15) is 42.5 Å². The van der Waals surface area contributed by atoms with Crippen molar-refractivity contribution in [1.82, 2.24) is 5.32 Å². The fourth-order valence-electron chi connectivity index (χ4n) is 2.58. The fourth-order valence-corrected chi connectivity index (χ4v) is 2.58. The molecule has 0 radical (unpaired) electrons. The Hall–Kier alpha value is -2.62. The van der Waals surface area contributed by atoms with E-state index in [-0.39, 0.29) is 12.3 Å². The lowest BCUT2D eigenvalue weighted by Crippen LogP contribution is -2.30. The predicted molar refractivity (Wildman–Crippen MR) is 93.7 cm³/mol. The number of rotatable bonds is 8. The Bertz CT molecular complexity index is 665. The number of carbonyl (C=O) groups excluding carboxylic acids is 1. The monoisotopic (exact) mass is 325 g/mol. The minimum absolute atomic E-state index is 0.124. The van der Waals surface area contributed by atoms with Crippen molar-refractivity contribution in [2.75, 3.05) is 0 Å². The Morgan fingerprint density at radius 1 is 1.00 bits per heavy atom. The van der Waals surface area contributed by atoms with E-state index in [9.17, 15) is 9.59 Å². The van der Waals surface area contributed by atoms with Gasteiger partial charge in [0.05, 0.1) is 12.5 Å². The predicted octanol–water partition coefficient (Wildman–Crippen LogP) is 3.51. The molecule has 4 nitrogen and oxygen atoms in total. The molecular weight excluding hydrogens is 302 g/mol. The Morgan fingerprint density at radius 2 is 1.62 bits per heavy atom. The SMILES string of the molecule is CCc1ccc(CCC(=O)NC(CC(=O)O)c2ccccc2)cc1. The summed E-state index contributed by atoms with van der Waals surface area (Å²) in [4.78, 5) is 23.3. The molecule has 0 bridgehead atoms. The lowest BCUT2D eigenvalue weighted by molar-refractivity contribution is -0.137. The molecule has 2 N–H and O–H groups in total. The lowest BCUT2D eigenvalue weighted by atomic mass is 10.0. The van der Waals surface area contributed by atoms with E-state index in [1.807, 2.05) is 42.5 Å². The summed E-state index contributed by atoms with van der Waals surface area (Å²) in [7, 11) is 0. The highest BCUT2D eigenvalue weighted by Crippen LogP contribution is 2.17. The van der Waals surface area contributed by atoms with Crippen LogP contribution < -0.4 is 5.32 Å². The van der Waals surface area contributed by atoms with Gasteiger partial charge in [-0.1, -0.05) is 61.5 Å². The molecule has 0 aliphatic carbocycles. The summed E-state index contributed by atoms with van der Waals surface area (Å²) in [5.74, 6) is -1.07. The third kappa shape index (κ3) is 5.54. The zero-order valence-electron chi connectivity index (χ0n) is 13.9. The molecule has 1 unspecified atom stereocenters. The van der Waals surface area contributed by atoms with Gasteiger partial charge >= 0.3 is 5.97 Å². The number of carbonyl (C=O) groups is 2. The number of hydrogen-bond acceptors (Lipinski definition) is 2. The van der Waals surface area contributed by atoms with E-state index in [1.54, 1.807) is 0 Å². The normalized spacial score (nSPS) is 11.7. The molecule has 2 aromatic carbocycles. The Labute approximate surface area is 142 Å². The summed E-state index contributed by atoms with van der Waals surface area (Å²) in [5.41, 5.74) is 3.19. The second-order valence-corrected chi connectivity index (χ2v) is 5.80. The average Bonchev–Trinajstić information content (AvgIpc) is 2.60. The first-order chi connectivity index (χ1) is 11.6. The van der Waals surface area contributed by atoms with Crippen LogP contribution in [0.4, 0.5) is 0 Å². The van der Waals surface area contributed by atoms with Gasteiger partial charge in [-0.15, -0.1) is 0 Å². The van der Waals surface area contributed by atoms with Crippen molar-refractivity contribution >= 4 is 11.9 Å². The number of benzene rings is 2. The minimum atomic E-state index is -0.931. The van der Waals surface area contributed by atoms with Crippen molar-refractivity contribution in [1.29, 1.82) is 0 Å². The molecule has 0 aliphatic rings. The van der Waals surface area contributed by atoms with Crippen LogP contribution in [0.15, 0.2) is 54.6 Å². The zero-order valence-corrected chi connectivity index (χ0v) is 13.9. The van der Waals surface area contributed by atoms with Gasteiger partial charge in [0.25, 0.3) is 0 Å². The fraction of sp³-hybridized carbons (Fsp3) is 0.300. The van der Waals surface area contributed by atoms with E-state index in [0.29, 0.717) is 12.8 Å². The number of aryl methyl sites for hydroxylation is 2. The van der Waals surface area contributed by atoms with Gasteiger partial charge in [-0.2, -0.15) is 0 Å². The number of amides is 1. The van der Waals surface area contributed by atoms with Gasteiger partial charge in [0, 0.05) is 6.42 Å². The van der Waals surface area contributed by atoms with Crippen molar-refractivity contribution in [3.63, 3.8) is 0 Å². The van der Waals surface area contributed by atoms with Crippen LogP contribution in [0.2, 0.25) is 0 Å². The van der Waals surface area contributed by atoms with E-state index < -0.39 is 12.0 Å². The van der Waals surface area contributed by atoms with Gasteiger partial charge < -0.3 is 10.4 Å². The van der Waals surface area contributed by atoms with Gasteiger partial charge in [0.2, 0.25) is 5.91 Å². The lowest BCUT2D eigenvalue weighted by Gasteiger charge is -2.17. The van der Waals surface area contributed by atoms with Crippen molar-refractivity contribution in [3.05, 3.63) is 71.3 Å². The second-order valence-electron chi connectivity index (χ2n) is 5.80. The first-order valence-electron chi connectivity index (χ1n) is 8.22. The molecule has 4 heteroatoms. The van der Waals surface area contributed by atoms with Gasteiger partial charge in [0.1, 0.15) is 0 Å². The maximum Gasteiger partial charge on any atom is 0.305 e. The van der Waals surface area contributed by atoms with Gasteiger partial charge in [-0.25, -0.2) is 0 Å². The van der Waals surface area contributed by atoms with Crippen LogP contribution >= 0.6 is 0 Å². The maximum atomic E-state index is 12.2. The van der Waals surface area contributed by atoms with Crippen molar-refractivity contribution in [2.24, 2.45) is 0 Å². The third-order valence-electron chi connectivity index (χ3n) is 3.99. The molecule has 0 heterocycles. The maximum absolute atomic E-state index is 12.2. The van der Waals surface area contributed by atoms with E-state index >= 15 is 0 Å². The van der Waals surface area contributed by atoms with E-state index in [0.717, 1.165) is 17.5 Å². The molecule has 0 saturated heterocycles. The zero-order chi connectivity index (χ0) is 17.4. The summed E-state index contributed by atoms with van der Waals surface area (Å²) in [6.45, 7) is 2.11. The Kier molecular flexibility index (Phi) is 6.55. The van der Waals surface area contributed by atoms with Crippen LogP contribution in [0.5, 0.6) is 0 Å². The standard InChI is InChI=1S/C20H23NO3/c1-2-15-8-10-16(11-9-15)12-13-19(22)21-18(14-20(23)24)17-6-4-3-5-7-17/h3-11,18H,2,12-14H2,1H3,(H,21,22)(H,23,24). The third-order valence-corrected chi connectivity index (χ3v) is 3.99. The second kappa shape index (κ2) is 8.87. The molecule has 2 aromatic rings. The molecule has 0 spiro atoms. The van der Waals surface area contributed by atoms with Crippen molar-refractivity contribution < 1.29 is 14.7 Å². The Balaban J connectivity index is 1.93. The van der Waals surface area contributed by atoms with Crippen LogP contribution in [0, 0.1) is 0 Å². The first kappa shape index (κ1) is 17.7. The topological polar surface area (TPSA) is 66.4 Å². The molecule has 1 amide bonds. The highest BCUT2D eigenvalue weighted by atomic mass is 16.4. The number of hydrogen-bond donors (Lipinski definition) is 2. The number of nitrogens with one attached hydrogen (secondary N) is 1. The minimum Gasteiger partial charge on any atom is -0.481 e. The first-order valence-corrected chi connectivity index (χ1v) is 8.22. The number of aliphatic carboxylic acids is 1. The molecule has 2 rings (SSSR count). The average molecular weight is 325 g/mol. The molecule has 0 saturated carbocycles. The van der Waals surface area contributed by atoms with Crippen LogP contribution in [0.25, 0.3) is 0 Å². The molecule has 126 valence electrons.